The molecule has 17 heteroatoms. The van der Waals surface area contributed by atoms with Gasteiger partial charge in [-0.25, -0.2) is 23.2 Å². The second kappa shape index (κ2) is 16.0. The second-order valence-electron chi connectivity index (χ2n) is 16.0. The minimum atomic E-state index is -4.98. The van der Waals surface area contributed by atoms with E-state index in [0.717, 1.165) is 35.5 Å². The third-order valence-corrected chi connectivity index (χ3v) is 11.9. The first-order valence-corrected chi connectivity index (χ1v) is 20.1. The highest BCUT2D eigenvalue weighted by Gasteiger charge is 2.42. The van der Waals surface area contributed by atoms with Crippen LogP contribution in [0.2, 0.25) is 0 Å². The van der Waals surface area contributed by atoms with E-state index in [4.69, 9.17) is 9.47 Å². The smallest absolute Gasteiger partial charge is 0.417 e. The molecule has 310 valence electrons. The first-order valence-electron chi connectivity index (χ1n) is 19.1. The molecule has 3 aliphatic rings. The van der Waals surface area contributed by atoms with Crippen molar-refractivity contribution in [3.05, 3.63) is 87.8 Å². The number of piperazine rings is 2. The molecule has 58 heavy (non-hydrogen) atoms. The number of hydrogen-bond donors (Lipinski definition) is 0. The Labute approximate surface area is 336 Å². The van der Waals surface area contributed by atoms with Crippen LogP contribution in [0.4, 0.5) is 37.4 Å². The number of anilines is 1. The highest BCUT2D eigenvalue weighted by Crippen LogP contribution is 2.50. The molecule has 0 radical (unpaired) electrons. The van der Waals surface area contributed by atoms with Crippen LogP contribution in [0.3, 0.4) is 0 Å². The number of carbonyl (C=O) groups excluding carboxylic acids is 2. The monoisotopic (exact) mass is 828 g/mol. The van der Waals surface area contributed by atoms with Crippen molar-refractivity contribution in [3.8, 4) is 11.1 Å². The molecule has 0 aliphatic carbocycles. The van der Waals surface area contributed by atoms with Crippen LogP contribution >= 0.6 is 11.8 Å². The zero-order valence-corrected chi connectivity index (χ0v) is 33.6. The van der Waals surface area contributed by atoms with E-state index in [1.165, 1.54) is 4.57 Å². The summed E-state index contributed by atoms with van der Waals surface area (Å²) in [7, 11) is 0. The zero-order chi connectivity index (χ0) is 41.7. The Hall–Kier alpha value is -4.90. The predicted octanol–water partition coefficient (Wildman–Crippen LogP) is 7.80. The first kappa shape index (κ1) is 41.3. The number of nitrogens with zero attached hydrogens (tertiary/aromatic N) is 6. The van der Waals surface area contributed by atoms with Gasteiger partial charge in [0.25, 0.3) is 0 Å². The number of benzene rings is 3. The van der Waals surface area contributed by atoms with Gasteiger partial charge < -0.3 is 24.2 Å². The third-order valence-electron chi connectivity index (χ3n) is 10.6. The first-order chi connectivity index (χ1) is 27.4. The number of amides is 2. The molecule has 7 rings (SSSR count). The Balaban J connectivity index is 1.26. The zero-order valence-electron chi connectivity index (χ0n) is 32.8. The lowest BCUT2D eigenvalue weighted by Crippen LogP contribution is -2.59. The van der Waals surface area contributed by atoms with E-state index < -0.39 is 76.1 Å². The summed E-state index contributed by atoms with van der Waals surface area (Å²) in [6.45, 7) is 11.2. The van der Waals surface area contributed by atoms with Gasteiger partial charge in [-0.3, -0.25) is 9.47 Å². The van der Waals surface area contributed by atoms with Crippen molar-refractivity contribution in [2.24, 2.45) is 0 Å². The summed E-state index contributed by atoms with van der Waals surface area (Å²) in [5, 5.41) is 0.0427. The third kappa shape index (κ3) is 8.46. The molecule has 1 aromatic heterocycles. The molecule has 0 unspecified atom stereocenters. The number of aromatic nitrogens is 2. The van der Waals surface area contributed by atoms with Crippen LogP contribution in [0.25, 0.3) is 22.0 Å². The summed E-state index contributed by atoms with van der Waals surface area (Å²) in [5.74, 6) is -1.95. The van der Waals surface area contributed by atoms with Crippen LogP contribution in [0.1, 0.15) is 51.8 Å². The number of ether oxygens (including phenoxy) is 2. The van der Waals surface area contributed by atoms with Gasteiger partial charge in [0, 0.05) is 91.1 Å². The van der Waals surface area contributed by atoms with E-state index in [-0.39, 0.29) is 47.1 Å². The van der Waals surface area contributed by atoms with Gasteiger partial charge in [0.15, 0.2) is 0 Å². The molecule has 4 aromatic rings. The van der Waals surface area contributed by atoms with E-state index in [0.29, 0.717) is 38.8 Å². The van der Waals surface area contributed by atoms with Gasteiger partial charge in [0.2, 0.25) is 0 Å². The van der Waals surface area contributed by atoms with Crippen LogP contribution in [-0.4, -0.2) is 106 Å². The van der Waals surface area contributed by atoms with Gasteiger partial charge >= 0.3 is 24.1 Å². The minimum Gasteiger partial charge on any atom is -0.445 e. The van der Waals surface area contributed by atoms with Crippen LogP contribution in [-0.2, 0) is 22.3 Å². The fourth-order valence-corrected chi connectivity index (χ4v) is 9.17. The van der Waals surface area contributed by atoms with Gasteiger partial charge in [-0.2, -0.15) is 18.2 Å². The molecule has 3 aliphatic heterocycles. The van der Waals surface area contributed by atoms with E-state index in [1.807, 2.05) is 30.3 Å². The average Bonchev–Trinajstić information content (AvgIpc) is 3.16. The Morgan fingerprint density at radius 2 is 1.62 bits per heavy atom. The largest absolute Gasteiger partial charge is 0.445 e. The maximum atomic E-state index is 15.5. The van der Waals surface area contributed by atoms with Crippen molar-refractivity contribution >= 4 is 40.7 Å². The number of rotatable bonds is 6. The molecule has 0 N–H and O–H groups in total. The lowest BCUT2D eigenvalue weighted by atomic mass is 9.95. The number of hydrogen-bond acceptors (Lipinski definition) is 9. The normalized spacial score (nSPS) is 20.4. The number of carbonyl (C=O) groups is 2. The van der Waals surface area contributed by atoms with Crippen molar-refractivity contribution in [3.63, 3.8) is 0 Å². The molecular weight excluding hydrogens is 784 g/mol. The van der Waals surface area contributed by atoms with Crippen molar-refractivity contribution in [1.82, 2.24) is 24.3 Å². The van der Waals surface area contributed by atoms with E-state index >= 15 is 17.6 Å². The lowest BCUT2D eigenvalue weighted by Gasteiger charge is -2.45. The number of halogens is 5. The Morgan fingerprint density at radius 3 is 2.28 bits per heavy atom. The van der Waals surface area contributed by atoms with E-state index in [9.17, 15) is 18.8 Å². The fraction of sp³-hybridized carbons (Fsp3) is 0.463. The summed E-state index contributed by atoms with van der Waals surface area (Å²) in [5.41, 5.74) is -2.50. The summed E-state index contributed by atoms with van der Waals surface area (Å²) >= 11 is 1.08. The predicted molar refractivity (Wildman–Crippen MR) is 210 cm³/mol. The Kier molecular flexibility index (Phi) is 11.4. The summed E-state index contributed by atoms with van der Waals surface area (Å²) < 4.78 is 87.7. The molecule has 4 heterocycles. The summed E-state index contributed by atoms with van der Waals surface area (Å²) in [6, 6.07) is 11.1. The summed E-state index contributed by atoms with van der Waals surface area (Å²) in [4.78, 5) is 51.8. The molecule has 2 fully saturated rings. The molecule has 0 spiro atoms. The van der Waals surface area contributed by atoms with Gasteiger partial charge in [0.1, 0.15) is 29.7 Å². The molecule has 2 amide bonds. The lowest BCUT2D eigenvalue weighted by molar-refractivity contribution is -0.137. The summed E-state index contributed by atoms with van der Waals surface area (Å²) in [6.07, 6.45) is -5.96. The van der Waals surface area contributed by atoms with Crippen LogP contribution in [0.5, 0.6) is 0 Å². The van der Waals surface area contributed by atoms with Gasteiger partial charge in [0.05, 0.1) is 17.1 Å². The van der Waals surface area contributed by atoms with Crippen LogP contribution in [0.15, 0.2) is 64.3 Å². The number of thioether (sulfide) groups is 1. The highest BCUT2D eigenvalue weighted by molar-refractivity contribution is 7.99. The molecule has 3 atom stereocenters. The van der Waals surface area contributed by atoms with Crippen molar-refractivity contribution in [2.45, 2.75) is 76.0 Å². The minimum absolute atomic E-state index is 0.0150. The topological polar surface area (TPSA) is 100 Å². The van der Waals surface area contributed by atoms with Crippen LogP contribution < -0.4 is 10.6 Å². The molecule has 0 bridgehead atoms. The molecule has 0 saturated carbocycles. The van der Waals surface area contributed by atoms with E-state index in [1.54, 1.807) is 49.3 Å². The van der Waals surface area contributed by atoms with Crippen LogP contribution in [0, 0.1) is 11.6 Å². The van der Waals surface area contributed by atoms with Crippen molar-refractivity contribution in [2.75, 3.05) is 56.5 Å². The molecule has 11 nitrogen and oxygen atoms in total. The SMILES string of the molecule is C[C@@H]1CN(c2nc(=O)n3c4c(c(-c5ccc(F)cc5F)c(C(F)(F)F)cc24)SC[C@@H]3CN2CCN(C(=O)OCc3ccccc3)CC2)[C@@H](C)CN1C(=O)OC(C)(C)C. The van der Waals surface area contributed by atoms with Gasteiger partial charge in [-0.15, -0.1) is 11.8 Å². The Bertz CT molecular complexity index is 2260. The maximum Gasteiger partial charge on any atom is 0.417 e. The molecular formula is C41H45F5N6O5S. The number of alkyl halides is 3. The van der Waals surface area contributed by atoms with E-state index in [2.05, 4.69) is 9.88 Å². The molecule has 3 aromatic carbocycles. The molecule has 2 saturated heterocycles. The fourth-order valence-electron chi connectivity index (χ4n) is 7.85. The highest BCUT2D eigenvalue weighted by atomic mass is 32.2. The Morgan fingerprint density at radius 1 is 0.914 bits per heavy atom. The van der Waals surface area contributed by atoms with Crippen molar-refractivity contribution < 1.29 is 41.0 Å². The standard InChI is InChI=1S/C41H45F5N6O5S/c1-24-20-51(39(55)57-40(3,4)5)25(2)19-50(24)36-30-18-31(41(44,45)46)33(29-12-11-27(42)17-32(29)43)35-34(30)52(37(53)47-36)28(23-58-35)21-48-13-15-49(16-14-48)38(54)56-22-26-9-7-6-8-10-26/h6-12,17-18,24-25,28H,13-16,19-23H2,1-5H3/t24-,25+,28-/m0/s1. The maximum absolute atomic E-state index is 15.5. The second-order valence-corrected chi connectivity index (χ2v) is 17.0. The quantitative estimate of drug-likeness (QED) is 0.181. The van der Waals surface area contributed by atoms with Crippen molar-refractivity contribution in [1.29, 1.82) is 0 Å². The van der Waals surface area contributed by atoms with Gasteiger partial charge in [-0.05, 0) is 58.4 Å². The average molecular weight is 829 g/mol. The van der Waals surface area contributed by atoms with Gasteiger partial charge in [-0.1, -0.05) is 30.3 Å².